The molecule has 0 aliphatic carbocycles. The van der Waals surface area contributed by atoms with Gasteiger partial charge in [-0.2, -0.15) is 0 Å². The summed E-state index contributed by atoms with van der Waals surface area (Å²) >= 11 is 0. The van der Waals surface area contributed by atoms with E-state index in [4.69, 9.17) is 5.11 Å². The van der Waals surface area contributed by atoms with Crippen LogP contribution in [0.1, 0.15) is 13.8 Å². The zero-order chi connectivity index (χ0) is 11.2. The molecule has 6 heteroatoms. The number of hydrogen-bond acceptors (Lipinski definition) is 5. The van der Waals surface area contributed by atoms with Crippen molar-refractivity contribution in [1.82, 2.24) is 0 Å². The second-order valence-corrected chi connectivity index (χ2v) is 3.26. The summed E-state index contributed by atoms with van der Waals surface area (Å²) in [6.45, 7) is 2.19. The first kappa shape index (κ1) is 12.4. The topological polar surface area (TPSA) is 89.9 Å². The zero-order valence-corrected chi connectivity index (χ0v) is 7.98. The molecule has 0 aliphatic heterocycles. The summed E-state index contributed by atoms with van der Waals surface area (Å²) in [5, 5.41) is 8.65. The minimum atomic E-state index is -1.14. The van der Waals surface area contributed by atoms with Gasteiger partial charge in [0.05, 0.1) is 5.41 Å². The lowest BCUT2D eigenvalue weighted by Gasteiger charge is -2.18. The van der Waals surface area contributed by atoms with E-state index >= 15 is 0 Å². The quantitative estimate of drug-likeness (QED) is 0.476. The number of carboxylic acids is 1. The number of ether oxygens (including phenoxy) is 2. The Hall–Kier alpha value is -1.59. The van der Waals surface area contributed by atoms with Gasteiger partial charge in [0.1, 0.15) is 6.61 Å². The molecule has 0 fully saturated rings. The number of carboxylic acid groups (broad SMARTS) is 1. The Bertz CT molecular complexity index is 232. The molecule has 14 heavy (non-hydrogen) atoms. The van der Waals surface area contributed by atoms with Crippen molar-refractivity contribution in [3.05, 3.63) is 0 Å². The van der Waals surface area contributed by atoms with Crippen LogP contribution in [0, 0.1) is 5.41 Å². The summed E-state index contributed by atoms with van der Waals surface area (Å²) in [5.41, 5.74) is -1.14. The van der Waals surface area contributed by atoms with E-state index in [1.165, 1.54) is 13.8 Å². The van der Waals surface area contributed by atoms with Crippen LogP contribution in [0.4, 0.5) is 0 Å². The zero-order valence-electron chi connectivity index (χ0n) is 7.98. The lowest BCUT2D eigenvalue weighted by atomic mass is 9.95. The molecule has 0 aromatic rings. The third-order valence-corrected chi connectivity index (χ3v) is 1.44. The first-order valence-electron chi connectivity index (χ1n) is 3.84. The van der Waals surface area contributed by atoms with Gasteiger partial charge in [0.2, 0.25) is 0 Å². The van der Waals surface area contributed by atoms with Gasteiger partial charge in [-0.1, -0.05) is 0 Å². The number of esters is 1. The van der Waals surface area contributed by atoms with E-state index in [0.29, 0.717) is 0 Å². The van der Waals surface area contributed by atoms with E-state index < -0.39 is 24.0 Å². The first-order valence-corrected chi connectivity index (χ1v) is 3.84. The van der Waals surface area contributed by atoms with Crippen molar-refractivity contribution < 1.29 is 29.0 Å². The second-order valence-electron chi connectivity index (χ2n) is 3.26. The van der Waals surface area contributed by atoms with Crippen molar-refractivity contribution >= 4 is 18.4 Å². The maximum Gasteiger partial charge on any atom is 0.344 e. The molecule has 0 saturated carbocycles. The van der Waals surface area contributed by atoms with Gasteiger partial charge < -0.3 is 14.6 Å². The molecule has 0 radical (unpaired) electrons. The fraction of sp³-hybridized carbons (Fsp3) is 0.625. The summed E-state index contributed by atoms with van der Waals surface area (Å²) in [6, 6.07) is 0. The maximum atomic E-state index is 10.8. The summed E-state index contributed by atoms with van der Waals surface area (Å²) in [5.74, 6) is -1.84. The molecule has 0 rings (SSSR count). The second kappa shape index (κ2) is 5.21. The Morgan fingerprint density at radius 1 is 1.43 bits per heavy atom. The van der Waals surface area contributed by atoms with Gasteiger partial charge in [0.15, 0.2) is 6.61 Å². The third kappa shape index (κ3) is 4.44. The molecule has 1 N–H and O–H groups in total. The largest absolute Gasteiger partial charge is 0.481 e. The van der Waals surface area contributed by atoms with Crippen LogP contribution >= 0.6 is 0 Å². The van der Waals surface area contributed by atoms with Crippen LogP contribution in [-0.2, 0) is 23.9 Å². The normalized spacial score (nSPS) is 10.4. The van der Waals surface area contributed by atoms with Gasteiger partial charge in [0, 0.05) is 0 Å². The Morgan fingerprint density at radius 2 is 2.00 bits per heavy atom. The van der Waals surface area contributed by atoms with Gasteiger partial charge in [-0.25, -0.2) is 4.79 Å². The van der Waals surface area contributed by atoms with Crippen LogP contribution in [0.5, 0.6) is 0 Å². The van der Waals surface area contributed by atoms with E-state index in [9.17, 15) is 14.4 Å². The van der Waals surface area contributed by atoms with Gasteiger partial charge in [0.25, 0.3) is 6.47 Å². The molecule has 0 spiro atoms. The minimum absolute atomic E-state index is 0.115. The lowest BCUT2D eigenvalue weighted by molar-refractivity contribution is -0.161. The molecule has 0 bridgehead atoms. The van der Waals surface area contributed by atoms with Gasteiger partial charge in [-0.3, -0.25) is 9.59 Å². The molecule has 0 heterocycles. The summed E-state index contributed by atoms with van der Waals surface area (Å²) in [4.78, 5) is 31.0. The number of hydrogen-bond donors (Lipinski definition) is 1. The van der Waals surface area contributed by atoms with Crippen molar-refractivity contribution in [2.24, 2.45) is 5.41 Å². The highest BCUT2D eigenvalue weighted by Gasteiger charge is 2.28. The predicted octanol–water partition coefficient (Wildman–Crippen LogP) is -0.187. The molecule has 0 atom stereocenters. The summed E-state index contributed by atoms with van der Waals surface area (Å²) in [6.07, 6.45) is 0. The monoisotopic (exact) mass is 204 g/mol. The van der Waals surface area contributed by atoms with E-state index in [2.05, 4.69) is 9.47 Å². The highest BCUT2D eigenvalue weighted by molar-refractivity contribution is 5.75. The number of aliphatic carboxylic acids is 1. The Morgan fingerprint density at radius 3 is 2.43 bits per heavy atom. The number of carbonyl (C=O) groups is 3. The smallest absolute Gasteiger partial charge is 0.344 e. The highest BCUT2D eigenvalue weighted by atomic mass is 16.6. The molecule has 80 valence electrons. The molecule has 0 saturated heterocycles. The van der Waals surface area contributed by atoms with Crippen molar-refractivity contribution in [3.63, 3.8) is 0 Å². The van der Waals surface area contributed by atoms with E-state index in [-0.39, 0.29) is 13.1 Å². The predicted molar refractivity (Wildman–Crippen MR) is 44.4 cm³/mol. The van der Waals surface area contributed by atoms with Crippen molar-refractivity contribution in [1.29, 1.82) is 0 Å². The highest BCUT2D eigenvalue weighted by Crippen LogP contribution is 2.15. The number of rotatable bonds is 6. The SMILES string of the molecule is CC(C)(COC(=O)COC=O)C(=O)O. The van der Waals surface area contributed by atoms with Crippen molar-refractivity contribution in [2.75, 3.05) is 13.2 Å². The van der Waals surface area contributed by atoms with Gasteiger partial charge >= 0.3 is 11.9 Å². The van der Waals surface area contributed by atoms with Crippen LogP contribution in [0.2, 0.25) is 0 Å². The van der Waals surface area contributed by atoms with Crippen LogP contribution in [0.15, 0.2) is 0 Å². The molecular formula is C8H12O6. The molecule has 0 unspecified atom stereocenters. The maximum absolute atomic E-state index is 10.8. The summed E-state index contributed by atoms with van der Waals surface area (Å²) < 4.78 is 8.68. The minimum Gasteiger partial charge on any atom is -0.481 e. The molecule has 0 amide bonds. The summed E-state index contributed by atoms with van der Waals surface area (Å²) in [7, 11) is 0. The van der Waals surface area contributed by atoms with Gasteiger partial charge in [-0.05, 0) is 13.8 Å². The van der Waals surface area contributed by atoms with Gasteiger partial charge in [-0.15, -0.1) is 0 Å². The van der Waals surface area contributed by atoms with Crippen molar-refractivity contribution in [3.8, 4) is 0 Å². The molecule has 0 aromatic heterocycles. The number of carbonyl (C=O) groups excluding carboxylic acids is 2. The van der Waals surface area contributed by atoms with Crippen LogP contribution < -0.4 is 0 Å². The van der Waals surface area contributed by atoms with E-state index in [1.807, 2.05) is 0 Å². The van der Waals surface area contributed by atoms with Crippen LogP contribution in [0.25, 0.3) is 0 Å². The van der Waals surface area contributed by atoms with Crippen molar-refractivity contribution in [2.45, 2.75) is 13.8 Å². The Kier molecular flexibility index (Phi) is 4.62. The van der Waals surface area contributed by atoms with Crippen LogP contribution in [-0.4, -0.2) is 36.7 Å². The lowest BCUT2D eigenvalue weighted by Crippen LogP contribution is -2.31. The first-order chi connectivity index (χ1) is 6.40. The molecule has 0 aromatic carbocycles. The average molecular weight is 204 g/mol. The molecule has 6 nitrogen and oxygen atoms in total. The fourth-order valence-corrected chi connectivity index (χ4v) is 0.466. The molecular weight excluding hydrogens is 192 g/mol. The third-order valence-electron chi connectivity index (χ3n) is 1.44. The Balaban J connectivity index is 3.87. The van der Waals surface area contributed by atoms with Crippen LogP contribution in [0.3, 0.4) is 0 Å². The van der Waals surface area contributed by atoms with E-state index in [1.54, 1.807) is 0 Å². The Labute approximate surface area is 80.8 Å². The van der Waals surface area contributed by atoms with E-state index in [0.717, 1.165) is 0 Å². The fourth-order valence-electron chi connectivity index (χ4n) is 0.466. The average Bonchev–Trinajstić information content (AvgIpc) is 2.11. The molecule has 0 aliphatic rings. The standard InChI is InChI=1S/C8H12O6/c1-8(2,7(11)12)4-14-6(10)3-13-5-9/h5H,3-4H2,1-2H3,(H,11,12).